The zero-order valence-electron chi connectivity index (χ0n) is 17.6. The molecule has 4 amide bonds. The summed E-state index contributed by atoms with van der Waals surface area (Å²) >= 11 is 3.92. The van der Waals surface area contributed by atoms with Gasteiger partial charge in [0.05, 0.1) is 6.04 Å². The normalized spacial score (nSPS) is 14.3. The van der Waals surface area contributed by atoms with Gasteiger partial charge in [0.2, 0.25) is 23.6 Å². The highest BCUT2D eigenvalue weighted by atomic mass is 32.1. The number of hydrogen-bond acceptors (Lipinski definition) is 7. The highest BCUT2D eigenvalue weighted by Gasteiger charge is 2.28. The van der Waals surface area contributed by atoms with Crippen molar-refractivity contribution in [3.05, 3.63) is 35.9 Å². The Kier molecular flexibility index (Phi) is 11.2. The van der Waals surface area contributed by atoms with Gasteiger partial charge >= 0.3 is 5.97 Å². The van der Waals surface area contributed by atoms with Gasteiger partial charge in [0, 0.05) is 18.6 Å². The summed E-state index contributed by atoms with van der Waals surface area (Å²) < 4.78 is 0. The number of primary amides is 1. The molecule has 1 aromatic carbocycles. The second-order valence-electron chi connectivity index (χ2n) is 7.17. The van der Waals surface area contributed by atoms with Crippen LogP contribution in [0.1, 0.15) is 25.3 Å². The first-order valence-electron chi connectivity index (χ1n) is 9.87. The van der Waals surface area contributed by atoms with Crippen LogP contribution in [-0.4, -0.2) is 64.6 Å². The van der Waals surface area contributed by atoms with Crippen LogP contribution in [0.25, 0.3) is 0 Å². The Hall–Kier alpha value is -3.12. The molecule has 12 heteroatoms. The molecule has 0 aliphatic carbocycles. The number of carbonyl (C=O) groups is 5. The van der Waals surface area contributed by atoms with E-state index in [2.05, 4.69) is 28.6 Å². The summed E-state index contributed by atoms with van der Waals surface area (Å²) in [6.07, 6.45) is -0.235. The minimum absolute atomic E-state index is 0.0345. The predicted molar refractivity (Wildman–Crippen MR) is 120 cm³/mol. The molecule has 0 aliphatic heterocycles. The molecular formula is C20H29N5O6S. The number of amides is 4. The standard InChI is InChI=1S/C20H29N5O6S/c1-11(17(27)25-15(20(30)31)9-12-5-3-2-4-6-12)23-19(29)14(7-8-16(22)26)24-18(28)13(21)10-32/h2-6,11,13-15,32H,7-10,21H2,1H3,(H2,22,26)(H,23,29)(H,24,28)(H,25,27)(H,30,31). The molecule has 11 nitrogen and oxygen atoms in total. The van der Waals surface area contributed by atoms with E-state index in [4.69, 9.17) is 11.5 Å². The average Bonchev–Trinajstić information content (AvgIpc) is 2.75. The summed E-state index contributed by atoms with van der Waals surface area (Å²) in [7, 11) is 0. The van der Waals surface area contributed by atoms with Gasteiger partial charge in [-0.25, -0.2) is 4.79 Å². The van der Waals surface area contributed by atoms with Gasteiger partial charge in [-0.3, -0.25) is 19.2 Å². The monoisotopic (exact) mass is 467 g/mol. The number of carboxylic acid groups (broad SMARTS) is 1. The number of rotatable bonds is 13. The molecule has 8 N–H and O–H groups in total. The topological polar surface area (TPSA) is 194 Å². The summed E-state index contributed by atoms with van der Waals surface area (Å²) in [6.45, 7) is 1.36. The van der Waals surface area contributed by atoms with Crippen molar-refractivity contribution < 1.29 is 29.1 Å². The third-order valence-electron chi connectivity index (χ3n) is 4.50. The molecule has 32 heavy (non-hydrogen) atoms. The second kappa shape index (κ2) is 13.3. The Morgan fingerprint density at radius 2 is 1.56 bits per heavy atom. The quantitative estimate of drug-likeness (QED) is 0.168. The Balaban J connectivity index is 2.78. The van der Waals surface area contributed by atoms with Crippen LogP contribution in [0.2, 0.25) is 0 Å². The maximum absolute atomic E-state index is 12.6. The molecule has 0 heterocycles. The number of carbonyl (C=O) groups excluding carboxylic acids is 4. The molecule has 0 saturated carbocycles. The van der Waals surface area contributed by atoms with Crippen molar-refractivity contribution in [3.8, 4) is 0 Å². The minimum atomic E-state index is -1.23. The lowest BCUT2D eigenvalue weighted by Gasteiger charge is -2.23. The van der Waals surface area contributed by atoms with Crippen LogP contribution < -0.4 is 27.4 Å². The number of aliphatic carboxylic acids is 1. The fourth-order valence-electron chi connectivity index (χ4n) is 2.64. The first-order chi connectivity index (χ1) is 15.0. The van der Waals surface area contributed by atoms with E-state index in [1.807, 2.05) is 0 Å². The van der Waals surface area contributed by atoms with Crippen LogP contribution in [0.15, 0.2) is 30.3 Å². The molecular weight excluding hydrogens is 438 g/mol. The van der Waals surface area contributed by atoms with E-state index in [-0.39, 0.29) is 25.0 Å². The number of hydrogen-bond donors (Lipinski definition) is 7. The van der Waals surface area contributed by atoms with Crippen molar-refractivity contribution in [3.63, 3.8) is 0 Å². The summed E-state index contributed by atoms with van der Waals surface area (Å²) in [5, 5.41) is 16.6. The third-order valence-corrected chi connectivity index (χ3v) is 4.89. The zero-order chi connectivity index (χ0) is 24.3. The zero-order valence-corrected chi connectivity index (χ0v) is 18.5. The molecule has 0 bridgehead atoms. The Bertz CT molecular complexity index is 822. The van der Waals surface area contributed by atoms with Gasteiger partial charge in [-0.15, -0.1) is 0 Å². The van der Waals surface area contributed by atoms with E-state index in [9.17, 15) is 29.1 Å². The molecule has 0 aromatic heterocycles. The molecule has 1 aromatic rings. The number of thiol groups is 1. The van der Waals surface area contributed by atoms with Crippen molar-refractivity contribution in [2.75, 3.05) is 5.75 Å². The first kappa shape index (κ1) is 26.9. The van der Waals surface area contributed by atoms with Crippen LogP contribution >= 0.6 is 12.6 Å². The van der Waals surface area contributed by atoms with Crippen LogP contribution in [-0.2, 0) is 30.4 Å². The SMILES string of the molecule is CC(NC(=O)C(CCC(N)=O)NC(=O)C(N)CS)C(=O)NC(Cc1ccccc1)C(=O)O. The fourth-order valence-corrected chi connectivity index (χ4v) is 2.81. The van der Waals surface area contributed by atoms with Crippen LogP contribution in [0, 0.1) is 0 Å². The molecule has 0 radical (unpaired) electrons. The van der Waals surface area contributed by atoms with E-state index in [1.54, 1.807) is 30.3 Å². The number of nitrogens with one attached hydrogen (secondary N) is 3. The van der Waals surface area contributed by atoms with E-state index in [1.165, 1.54) is 6.92 Å². The van der Waals surface area contributed by atoms with Gasteiger partial charge in [-0.05, 0) is 18.9 Å². The van der Waals surface area contributed by atoms with Crippen molar-refractivity contribution in [2.24, 2.45) is 11.5 Å². The highest BCUT2D eigenvalue weighted by molar-refractivity contribution is 7.80. The third kappa shape index (κ3) is 9.35. The number of benzene rings is 1. The van der Waals surface area contributed by atoms with Crippen LogP contribution in [0.4, 0.5) is 0 Å². The average molecular weight is 468 g/mol. The fraction of sp³-hybridized carbons (Fsp3) is 0.450. The van der Waals surface area contributed by atoms with Crippen LogP contribution in [0.5, 0.6) is 0 Å². The molecule has 176 valence electrons. The second-order valence-corrected chi connectivity index (χ2v) is 7.54. The number of nitrogens with two attached hydrogens (primary N) is 2. The highest BCUT2D eigenvalue weighted by Crippen LogP contribution is 2.05. The van der Waals surface area contributed by atoms with Gasteiger partial charge in [-0.2, -0.15) is 12.6 Å². The van der Waals surface area contributed by atoms with Crippen molar-refractivity contribution in [1.29, 1.82) is 0 Å². The Morgan fingerprint density at radius 3 is 2.09 bits per heavy atom. The Morgan fingerprint density at radius 1 is 0.969 bits per heavy atom. The summed E-state index contributed by atoms with van der Waals surface area (Å²) in [5.41, 5.74) is 11.4. The van der Waals surface area contributed by atoms with Gasteiger partial charge in [0.15, 0.2) is 0 Å². The molecule has 4 atom stereocenters. The lowest BCUT2D eigenvalue weighted by Crippen LogP contribution is -2.56. The van der Waals surface area contributed by atoms with Crippen molar-refractivity contribution >= 4 is 42.2 Å². The van der Waals surface area contributed by atoms with Gasteiger partial charge in [0.1, 0.15) is 18.1 Å². The first-order valence-corrected chi connectivity index (χ1v) is 10.5. The van der Waals surface area contributed by atoms with Gasteiger partial charge in [0.25, 0.3) is 0 Å². The predicted octanol–water partition coefficient (Wildman–Crippen LogP) is -1.69. The van der Waals surface area contributed by atoms with E-state index < -0.39 is 53.8 Å². The molecule has 0 aliphatic rings. The lowest BCUT2D eigenvalue weighted by molar-refractivity contribution is -0.142. The Labute approximate surface area is 191 Å². The summed E-state index contributed by atoms with van der Waals surface area (Å²) in [6, 6.07) is 4.27. The number of carboxylic acids is 1. The summed E-state index contributed by atoms with van der Waals surface area (Å²) in [5.74, 6) is -4.00. The largest absolute Gasteiger partial charge is 0.480 e. The minimum Gasteiger partial charge on any atom is -0.480 e. The van der Waals surface area contributed by atoms with E-state index in [0.717, 1.165) is 0 Å². The molecule has 0 fully saturated rings. The maximum Gasteiger partial charge on any atom is 0.326 e. The smallest absolute Gasteiger partial charge is 0.326 e. The van der Waals surface area contributed by atoms with Gasteiger partial charge < -0.3 is 32.5 Å². The molecule has 0 saturated heterocycles. The lowest BCUT2D eigenvalue weighted by atomic mass is 10.1. The maximum atomic E-state index is 12.6. The molecule has 0 spiro atoms. The van der Waals surface area contributed by atoms with Crippen molar-refractivity contribution in [1.82, 2.24) is 16.0 Å². The van der Waals surface area contributed by atoms with Crippen molar-refractivity contribution in [2.45, 2.75) is 50.4 Å². The van der Waals surface area contributed by atoms with E-state index >= 15 is 0 Å². The van der Waals surface area contributed by atoms with E-state index in [0.29, 0.717) is 5.56 Å². The van der Waals surface area contributed by atoms with Gasteiger partial charge in [-0.1, -0.05) is 30.3 Å². The summed E-state index contributed by atoms with van der Waals surface area (Å²) in [4.78, 5) is 59.7. The molecule has 1 rings (SSSR count). The molecule has 4 unspecified atom stereocenters. The van der Waals surface area contributed by atoms with Crippen LogP contribution in [0.3, 0.4) is 0 Å².